The Hall–Kier alpha value is -1.82. The fourth-order valence-electron chi connectivity index (χ4n) is 3.20. The largest absolute Gasteiger partial charge is 0.333 e. The van der Waals surface area contributed by atoms with Gasteiger partial charge < -0.3 is 10.2 Å². The van der Waals surface area contributed by atoms with Crippen LogP contribution in [0.25, 0.3) is 0 Å². The lowest BCUT2D eigenvalue weighted by Gasteiger charge is -2.25. The van der Waals surface area contributed by atoms with Crippen molar-refractivity contribution in [2.45, 2.75) is 46.2 Å². The monoisotopic (exact) mass is 318 g/mol. The lowest BCUT2D eigenvalue weighted by atomic mass is 10.0. The summed E-state index contributed by atoms with van der Waals surface area (Å²) >= 11 is 1.73. The molecule has 3 rings (SSSR count). The zero-order valence-electron chi connectivity index (χ0n) is 13.3. The van der Waals surface area contributed by atoms with Crippen molar-refractivity contribution in [1.82, 2.24) is 20.4 Å². The van der Waals surface area contributed by atoms with E-state index in [2.05, 4.69) is 34.6 Å². The third-order valence-electron chi connectivity index (χ3n) is 4.24. The molecule has 22 heavy (non-hydrogen) atoms. The van der Waals surface area contributed by atoms with E-state index in [1.54, 1.807) is 11.3 Å². The highest BCUT2D eigenvalue weighted by Gasteiger charge is 2.32. The lowest BCUT2D eigenvalue weighted by molar-refractivity contribution is 0.192. The van der Waals surface area contributed by atoms with Crippen LogP contribution in [0.1, 0.15) is 45.6 Å². The number of hydrogen-bond donors (Lipinski definition) is 2. The summed E-state index contributed by atoms with van der Waals surface area (Å²) in [7, 11) is 0. The molecule has 0 radical (unpaired) electrons. The molecule has 0 spiro atoms. The maximum Gasteiger partial charge on any atom is 0.318 e. The van der Waals surface area contributed by atoms with Crippen molar-refractivity contribution in [3.05, 3.63) is 38.8 Å². The van der Waals surface area contributed by atoms with Crippen molar-refractivity contribution < 1.29 is 4.79 Å². The van der Waals surface area contributed by atoms with Gasteiger partial charge in [-0.2, -0.15) is 5.10 Å². The summed E-state index contributed by atoms with van der Waals surface area (Å²) in [6.07, 6.45) is 2.05. The number of carbonyl (C=O) groups excluding carboxylic acids is 1. The van der Waals surface area contributed by atoms with Crippen LogP contribution in [-0.2, 0) is 6.54 Å². The van der Waals surface area contributed by atoms with Crippen LogP contribution >= 0.6 is 11.3 Å². The number of amides is 2. The Morgan fingerprint density at radius 3 is 2.91 bits per heavy atom. The van der Waals surface area contributed by atoms with Crippen molar-refractivity contribution in [3.63, 3.8) is 0 Å². The first-order chi connectivity index (χ1) is 10.6. The maximum atomic E-state index is 12.5. The molecule has 5 nitrogen and oxygen atoms in total. The quantitative estimate of drug-likeness (QED) is 0.910. The Balaban J connectivity index is 1.69. The lowest BCUT2D eigenvalue weighted by Crippen LogP contribution is -2.39. The normalized spacial score (nSPS) is 18.0. The van der Waals surface area contributed by atoms with Gasteiger partial charge in [0.25, 0.3) is 0 Å². The van der Waals surface area contributed by atoms with E-state index in [1.165, 1.54) is 15.3 Å². The molecule has 2 aromatic heterocycles. The predicted octanol–water partition coefficient (Wildman–Crippen LogP) is 3.44. The molecule has 2 aromatic rings. The minimum absolute atomic E-state index is 0.0218. The van der Waals surface area contributed by atoms with E-state index in [9.17, 15) is 4.79 Å². The molecular formula is C16H22N4OS. The van der Waals surface area contributed by atoms with Gasteiger partial charge in [-0.3, -0.25) is 5.10 Å². The first-order valence-electron chi connectivity index (χ1n) is 7.67. The van der Waals surface area contributed by atoms with E-state index < -0.39 is 0 Å². The number of rotatable bonds is 3. The third kappa shape index (κ3) is 2.88. The number of thiophene rings is 1. The Morgan fingerprint density at radius 2 is 2.27 bits per heavy atom. The molecule has 1 fully saturated rings. The molecule has 3 heterocycles. The molecule has 1 atom stereocenters. The van der Waals surface area contributed by atoms with Crippen LogP contribution in [0.4, 0.5) is 4.79 Å². The summed E-state index contributed by atoms with van der Waals surface area (Å²) in [5.74, 6) is 0. The van der Waals surface area contributed by atoms with Gasteiger partial charge in [-0.25, -0.2) is 4.79 Å². The Kier molecular flexibility index (Phi) is 4.20. The molecule has 2 N–H and O–H groups in total. The number of nitrogens with zero attached hydrogens (tertiary/aromatic N) is 2. The first kappa shape index (κ1) is 15.1. The van der Waals surface area contributed by atoms with Gasteiger partial charge in [0.05, 0.1) is 18.3 Å². The van der Waals surface area contributed by atoms with Gasteiger partial charge in [0, 0.05) is 27.6 Å². The van der Waals surface area contributed by atoms with Gasteiger partial charge in [0.2, 0.25) is 0 Å². The van der Waals surface area contributed by atoms with Crippen molar-refractivity contribution >= 4 is 17.4 Å². The number of nitrogens with one attached hydrogen (secondary N) is 2. The third-order valence-corrected chi connectivity index (χ3v) is 5.24. The van der Waals surface area contributed by atoms with E-state index in [1.807, 2.05) is 18.7 Å². The second-order valence-corrected chi connectivity index (χ2v) is 7.24. The molecule has 2 amide bonds. The summed E-state index contributed by atoms with van der Waals surface area (Å²) < 4.78 is 0. The molecule has 0 saturated carbocycles. The zero-order valence-corrected chi connectivity index (χ0v) is 14.1. The van der Waals surface area contributed by atoms with Crippen LogP contribution in [-0.4, -0.2) is 27.7 Å². The van der Waals surface area contributed by atoms with E-state index >= 15 is 0 Å². The smallest absolute Gasteiger partial charge is 0.318 e. The summed E-state index contributed by atoms with van der Waals surface area (Å²) in [4.78, 5) is 17.0. The molecule has 0 bridgehead atoms. The van der Waals surface area contributed by atoms with Crippen LogP contribution in [0.2, 0.25) is 0 Å². The molecule has 0 aliphatic carbocycles. The van der Waals surface area contributed by atoms with E-state index in [0.717, 1.165) is 30.8 Å². The van der Waals surface area contributed by atoms with Crippen molar-refractivity contribution in [3.8, 4) is 0 Å². The molecular weight excluding hydrogens is 296 g/mol. The highest BCUT2D eigenvalue weighted by atomic mass is 32.1. The van der Waals surface area contributed by atoms with Crippen molar-refractivity contribution in [2.75, 3.05) is 6.54 Å². The van der Waals surface area contributed by atoms with E-state index in [0.29, 0.717) is 6.54 Å². The summed E-state index contributed by atoms with van der Waals surface area (Å²) in [5.41, 5.74) is 3.24. The standard InChI is InChI=1S/C16H22N4OS/c1-10-6-7-13(22-10)9-17-16(21)20-8-4-5-14(20)15-11(2)18-19-12(15)3/h6-7,14H,4-5,8-9H2,1-3H3,(H,17,21)(H,18,19)/t14-/m0/s1. The molecule has 1 aliphatic heterocycles. The van der Waals surface area contributed by atoms with Crippen LogP contribution in [0, 0.1) is 20.8 Å². The van der Waals surface area contributed by atoms with Crippen LogP contribution < -0.4 is 5.32 Å². The number of aromatic nitrogens is 2. The van der Waals surface area contributed by atoms with Crippen molar-refractivity contribution in [1.29, 1.82) is 0 Å². The number of urea groups is 1. The molecule has 0 unspecified atom stereocenters. The van der Waals surface area contributed by atoms with Gasteiger partial charge >= 0.3 is 6.03 Å². The van der Waals surface area contributed by atoms with Gasteiger partial charge in [-0.1, -0.05) is 0 Å². The van der Waals surface area contributed by atoms with Crippen molar-refractivity contribution in [2.24, 2.45) is 0 Å². The highest BCUT2D eigenvalue weighted by molar-refractivity contribution is 7.11. The SMILES string of the molecule is Cc1ccc(CNC(=O)N2CCC[C@H]2c2c(C)n[nH]c2C)s1. The van der Waals surface area contributed by atoms with Gasteiger partial charge in [0.1, 0.15) is 0 Å². The highest BCUT2D eigenvalue weighted by Crippen LogP contribution is 2.34. The van der Waals surface area contributed by atoms with Gasteiger partial charge in [-0.05, 0) is 45.7 Å². The average molecular weight is 318 g/mol. The molecule has 0 aromatic carbocycles. The number of likely N-dealkylation sites (tertiary alicyclic amines) is 1. The predicted molar refractivity (Wildman–Crippen MR) is 88.0 cm³/mol. The van der Waals surface area contributed by atoms with Gasteiger partial charge in [0.15, 0.2) is 0 Å². The average Bonchev–Trinajstić information content (AvgIpc) is 3.18. The molecule has 1 aliphatic rings. The second kappa shape index (κ2) is 6.12. The Bertz CT molecular complexity index is 656. The molecule has 118 valence electrons. The first-order valence-corrected chi connectivity index (χ1v) is 8.49. The molecule has 1 saturated heterocycles. The maximum absolute atomic E-state index is 12.5. The van der Waals surface area contributed by atoms with E-state index in [4.69, 9.17) is 0 Å². The fourth-order valence-corrected chi connectivity index (χ4v) is 4.03. The van der Waals surface area contributed by atoms with E-state index in [-0.39, 0.29) is 12.1 Å². The minimum Gasteiger partial charge on any atom is -0.333 e. The number of aromatic amines is 1. The minimum atomic E-state index is 0.0218. The van der Waals surface area contributed by atoms with Crippen LogP contribution in [0.5, 0.6) is 0 Å². The Morgan fingerprint density at radius 1 is 1.45 bits per heavy atom. The van der Waals surface area contributed by atoms with Gasteiger partial charge in [-0.15, -0.1) is 11.3 Å². The number of H-pyrrole nitrogens is 1. The fraction of sp³-hybridized carbons (Fsp3) is 0.500. The number of hydrogen-bond acceptors (Lipinski definition) is 3. The van der Waals surface area contributed by atoms with Crippen LogP contribution in [0.15, 0.2) is 12.1 Å². The number of carbonyl (C=O) groups is 1. The van der Waals surface area contributed by atoms with Crippen LogP contribution in [0.3, 0.4) is 0 Å². The zero-order chi connectivity index (χ0) is 15.7. The summed E-state index contributed by atoms with van der Waals surface area (Å²) in [5, 5.41) is 10.3. The second-order valence-electron chi connectivity index (χ2n) is 5.87. The Labute approximate surface area is 134 Å². The summed E-state index contributed by atoms with van der Waals surface area (Å²) in [6.45, 7) is 7.52. The number of aryl methyl sites for hydroxylation is 3. The molecule has 6 heteroatoms. The summed E-state index contributed by atoms with van der Waals surface area (Å²) in [6, 6.07) is 4.33. The topological polar surface area (TPSA) is 61.0 Å².